The molecule has 2 aromatic rings. The number of halogens is 1. The molecule has 0 saturated heterocycles. The van der Waals surface area contributed by atoms with E-state index in [2.05, 4.69) is 27.9 Å². The summed E-state index contributed by atoms with van der Waals surface area (Å²) in [6.45, 7) is 0. The maximum atomic E-state index is 11.1. The Bertz CT molecular complexity index is 788. The van der Waals surface area contributed by atoms with Crippen molar-refractivity contribution in [3.05, 3.63) is 61.2 Å². The van der Waals surface area contributed by atoms with Crippen molar-refractivity contribution in [2.75, 3.05) is 5.32 Å². The minimum atomic E-state index is -0.586. The van der Waals surface area contributed by atoms with Crippen LogP contribution in [0.5, 0.6) is 0 Å². The Morgan fingerprint density at radius 2 is 1.67 bits per heavy atom. The van der Waals surface area contributed by atoms with Crippen LogP contribution in [0, 0.1) is 36.3 Å². The second-order valence-corrected chi connectivity index (χ2v) is 5.27. The van der Waals surface area contributed by atoms with Crippen molar-refractivity contribution >= 4 is 39.7 Å². The predicted molar refractivity (Wildman–Crippen MR) is 85.0 cm³/mol. The first-order valence-corrected chi connectivity index (χ1v) is 6.78. The number of anilines is 2. The zero-order valence-corrected chi connectivity index (χ0v) is 12.7. The van der Waals surface area contributed by atoms with Crippen molar-refractivity contribution < 1.29 is 4.92 Å². The quantitative estimate of drug-likeness (QED) is 0.489. The van der Waals surface area contributed by atoms with Gasteiger partial charge in [0.25, 0.3) is 5.69 Å². The number of rotatable bonds is 3. The van der Waals surface area contributed by atoms with Gasteiger partial charge in [0.05, 0.1) is 16.1 Å². The summed E-state index contributed by atoms with van der Waals surface area (Å²) in [5.74, 6) is 0. The maximum absolute atomic E-state index is 11.1. The van der Waals surface area contributed by atoms with Crippen molar-refractivity contribution in [3.63, 3.8) is 0 Å². The van der Waals surface area contributed by atoms with E-state index in [0.717, 1.165) is 9.64 Å². The van der Waals surface area contributed by atoms with Crippen molar-refractivity contribution in [3.8, 4) is 12.1 Å². The topological polar surface area (TPSA) is 103 Å². The Balaban J connectivity index is 2.51. The summed E-state index contributed by atoms with van der Waals surface area (Å²) in [5.41, 5.74) is 0.668. The first-order chi connectivity index (χ1) is 10.0. The van der Waals surface area contributed by atoms with Crippen LogP contribution in [0.1, 0.15) is 11.1 Å². The van der Waals surface area contributed by atoms with E-state index in [1.54, 1.807) is 18.2 Å². The molecule has 0 aliphatic carbocycles. The number of benzene rings is 2. The van der Waals surface area contributed by atoms with Crippen LogP contribution in [0.3, 0.4) is 0 Å². The molecule has 21 heavy (non-hydrogen) atoms. The smallest absolute Gasteiger partial charge is 0.294 e. The van der Waals surface area contributed by atoms with Gasteiger partial charge in [0.15, 0.2) is 0 Å². The molecule has 0 heterocycles. The Labute approximate surface area is 133 Å². The van der Waals surface area contributed by atoms with Crippen LogP contribution in [0.25, 0.3) is 0 Å². The standard InChI is InChI=1S/C14H7IN4O2/c15-11-1-3-12(4-2-11)18-13-5-9(7-16)10(8-17)6-14(13)19(20)21/h1-6,18H. The van der Waals surface area contributed by atoms with Crippen LogP contribution in [0.15, 0.2) is 36.4 Å². The van der Waals surface area contributed by atoms with Crippen LogP contribution in [-0.4, -0.2) is 4.92 Å². The van der Waals surface area contributed by atoms with Gasteiger partial charge in [0.1, 0.15) is 17.8 Å². The summed E-state index contributed by atoms with van der Waals surface area (Å²) >= 11 is 2.15. The molecule has 0 amide bonds. The van der Waals surface area contributed by atoms with Crippen LogP contribution >= 0.6 is 22.6 Å². The summed E-state index contributed by atoms with van der Waals surface area (Å²) in [6.07, 6.45) is 0. The molecule has 0 fully saturated rings. The van der Waals surface area contributed by atoms with E-state index in [9.17, 15) is 10.1 Å². The van der Waals surface area contributed by atoms with Crippen LogP contribution in [0.4, 0.5) is 17.1 Å². The van der Waals surface area contributed by atoms with Gasteiger partial charge in [-0.15, -0.1) is 0 Å². The number of nitro benzene ring substituents is 1. The molecular formula is C14H7IN4O2. The van der Waals surface area contributed by atoms with Gasteiger partial charge in [-0.3, -0.25) is 10.1 Å². The molecule has 0 atom stereocenters. The van der Waals surface area contributed by atoms with Crippen LogP contribution in [-0.2, 0) is 0 Å². The molecule has 2 rings (SSSR count). The van der Waals surface area contributed by atoms with E-state index in [0.29, 0.717) is 5.69 Å². The van der Waals surface area contributed by atoms with Gasteiger partial charge in [-0.1, -0.05) is 0 Å². The van der Waals surface area contributed by atoms with Gasteiger partial charge in [-0.25, -0.2) is 0 Å². The third-order valence-corrected chi connectivity index (χ3v) is 3.42. The van der Waals surface area contributed by atoms with E-state index in [1.807, 2.05) is 18.2 Å². The van der Waals surface area contributed by atoms with E-state index >= 15 is 0 Å². The lowest BCUT2D eigenvalue weighted by Crippen LogP contribution is -1.99. The second-order valence-electron chi connectivity index (χ2n) is 4.03. The Hall–Kier alpha value is -2.65. The van der Waals surface area contributed by atoms with Crippen molar-refractivity contribution in [1.82, 2.24) is 0 Å². The SMILES string of the molecule is N#Cc1cc(Nc2ccc(I)cc2)c([N+](=O)[O-])cc1C#N. The highest BCUT2D eigenvalue weighted by Crippen LogP contribution is 2.30. The molecule has 0 spiro atoms. The number of nitrogens with zero attached hydrogens (tertiary/aromatic N) is 3. The fraction of sp³-hybridized carbons (Fsp3) is 0. The molecule has 0 aliphatic rings. The Morgan fingerprint density at radius 3 is 2.19 bits per heavy atom. The van der Waals surface area contributed by atoms with E-state index < -0.39 is 4.92 Å². The zero-order valence-electron chi connectivity index (χ0n) is 10.5. The van der Waals surface area contributed by atoms with Gasteiger partial charge in [-0.05, 0) is 52.9 Å². The van der Waals surface area contributed by atoms with E-state index in [4.69, 9.17) is 10.5 Å². The van der Waals surface area contributed by atoms with Gasteiger partial charge >= 0.3 is 0 Å². The van der Waals surface area contributed by atoms with Crippen LogP contribution in [0.2, 0.25) is 0 Å². The molecular weight excluding hydrogens is 383 g/mol. The van der Waals surface area contributed by atoms with E-state index in [-0.39, 0.29) is 22.5 Å². The molecule has 0 aliphatic heterocycles. The molecule has 1 N–H and O–H groups in total. The normalized spacial score (nSPS) is 9.48. The molecule has 6 nitrogen and oxygen atoms in total. The minimum Gasteiger partial charge on any atom is -0.350 e. The third kappa shape index (κ3) is 3.27. The maximum Gasteiger partial charge on any atom is 0.294 e. The van der Waals surface area contributed by atoms with Crippen molar-refractivity contribution in [1.29, 1.82) is 10.5 Å². The highest BCUT2D eigenvalue weighted by molar-refractivity contribution is 14.1. The fourth-order valence-corrected chi connectivity index (χ4v) is 2.07. The Kier molecular flexibility index (Phi) is 4.36. The minimum absolute atomic E-state index is 0.0163. The summed E-state index contributed by atoms with van der Waals surface area (Å²) in [6, 6.07) is 13.3. The lowest BCUT2D eigenvalue weighted by atomic mass is 10.1. The molecule has 0 unspecified atom stereocenters. The summed E-state index contributed by atoms with van der Waals surface area (Å²) < 4.78 is 1.03. The van der Waals surface area contributed by atoms with Gasteiger partial charge in [-0.2, -0.15) is 10.5 Å². The summed E-state index contributed by atoms with van der Waals surface area (Å²) in [7, 11) is 0. The number of hydrogen-bond acceptors (Lipinski definition) is 5. The molecule has 102 valence electrons. The lowest BCUT2D eigenvalue weighted by Gasteiger charge is -2.08. The number of nitro groups is 1. The molecule has 0 bridgehead atoms. The van der Waals surface area contributed by atoms with Crippen molar-refractivity contribution in [2.24, 2.45) is 0 Å². The number of hydrogen-bond donors (Lipinski definition) is 1. The number of nitriles is 2. The zero-order chi connectivity index (χ0) is 15.4. The number of nitrogens with one attached hydrogen (secondary N) is 1. The lowest BCUT2D eigenvalue weighted by molar-refractivity contribution is -0.383. The van der Waals surface area contributed by atoms with E-state index in [1.165, 1.54) is 6.07 Å². The van der Waals surface area contributed by atoms with Crippen molar-refractivity contribution in [2.45, 2.75) is 0 Å². The molecule has 2 aromatic carbocycles. The largest absolute Gasteiger partial charge is 0.350 e. The molecule has 0 saturated carbocycles. The molecule has 0 radical (unpaired) electrons. The van der Waals surface area contributed by atoms with Gasteiger partial charge in [0.2, 0.25) is 0 Å². The average Bonchev–Trinajstić information content (AvgIpc) is 2.48. The van der Waals surface area contributed by atoms with Crippen LogP contribution < -0.4 is 5.32 Å². The average molecular weight is 390 g/mol. The highest BCUT2D eigenvalue weighted by atomic mass is 127. The Morgan fingerprint density at radius 1 is 1.10 bits per heavy atom. The molecule has 7 heteroatoms. The first-order valence-electron chi connectivity index (χ1n) is 5.70. The summed E-state index contributed by atoms with van der Waals surface area (Å²) in [5, 5.41) is 31.9. The van der Waals surface area contributed by atoms with Gasteiger partial charge in [0, 0.05) is 15.3 Å². The monoisotopic (exact) mass is 390 g/mol. The second kappa shape index (κ2) is 6.20. The molecule has 0 aromatic heterocycles. The summed E-state index contributed by atoms with van der Waals surface area (Å²) in [4.78, 5) is 10.5. The predicted octanol–water partition coefficient (Wildman–Crippen LogP) is 3.69. The fourth-order valence-electron chi connectivity index (χ4n) is 1.71. The first kappa shape index (κ1) is 14.8. The third-order valence-electron chi connectivity index (χ3n) is 2.70. The van der Waals surface area contributed by atoms with Gasteiger partial charge < -0.3 is 5.32 Å². The highest BCUT2D eigenvalue weighted by Gasteiger charge is 2.18.